The van der Waals surface area contributed by atoms with E-state index >= 15 is 0 Å². The van der Waals surface area contributed by atoms with Gasteiger partial charge in [0.25, 0.3) is 0 Å². The van der Waals surface area contributed by atoms with Crippen molar-refractivity contribution in [3.05, 3.63) is 49.1 Å². The zero-order valence-electron chi connectivity index (χ0n) is 8.64. The molecule has 1 aromatic heterocycles. The molecular weight excluding hydrogens is 348 g/mol. The number of nitrogen functional groups attached to an aromatic ring is 1. The van der Waals surface area contributed by atoms with Crippen molar-refractivity contribution >= 4 is 50.3 Å². The summed E-state index contributed by atoms with van der Waals surface area (Å²) in [4.78, 5) is 12.4. The third-order valence-corrected chi connectivity index (χ3v) is 4.68. The molecule has 0 aliphatic rings. The molecule has 94 valence electrons. The second kappa shape index (κ2) is 4.95. The Balaban J connectivity index is 2.49. The molecular formula is C11H5BrClF2NOS. The fourth-order valence-corrected chi connectivity index (χ4v) is 3.01. The van der Waals surface area contributed by atoms with E-state index in [1.165, 1.54) is 6.07 Å². The summed E-state index contributed by atoms with van der Waals surface area (Å²) in [6.07, 6.45) is 0. The first-order valence-electron chi connectivity index (χ1n) is 4.64. The summed E-state index contributed by atoms with van der Waals surface area (Å²) < 4.78 is 27.0. The van der Waals surface area contributed by atoms with Crippen LogP contribution in [0.2, 0.25) is 4.34 Å². The largest absolute Gasteiger partial charge is 0.398 e. The summed E-state index contributed by atoms with van der Waals surface area (Å²) in [5.74, 6) is -2.70. The molecule has 2 nitrogen and oxygen atoms in total. The molecule has 0 aliphatic carbocycles. The van der Waals surface area contributed by atoms with Gasteiger partial charge >= 0.3 is 0 Å². The zero-order chi connectivity index (χ0) is 13.4. The molecule has 2 N–H and O–H groups in total. The standard InChI is InChI=1S/C11H5BrClF2NOS/c12-5-2-9(18-11(5)13)10(17)4-1-6(14)7(15)3-8(4)16/h1-3H,16H2. The van der Waals surface area contributed by atoms with Crippen molar-refractivity contribution in [2.24, 2.45) is 0 Å². The Hall–Kier alpha value is -0.980. The fraction of sp³-hybridized carbons (Fsp3) is 0. The monoisotopic (exact) mass is 351 g/mol. The van der Waals surface area contributed by atoms with Crippen LogP contribution in [0.3, 0.4) is 0 Å². The zero-order valence-corrected chi connectivity index (χ0v) is 11.8. The van der Waals surface area contributed by atoms with E-state index in [0.717, 1.165) is 23.5 Å². The maximum absolute atomic E-state index is 13.1. The van der Waals surface area contributed by atoms with Gasteiger partial charge in [-0.1, -0.05) is 11.6 Å². The Morgan fingerprint density at radius 3 is 2.44 bits per heavy atom. The Bertz CT molecular complexity index is 625. The van der Waals surface area contributed by atoms with Gasteiger partial charge < -0.3 is 5.73 Å². The number of carbonyl (C=O) groups excluding carboxylic acids is 1. The van der Waals surface area contributed by atoms with Gasteiger partial charge in [-0.2, -0.15) is 0 Å². The molecule has 1 aromatic carbocycles. The van der Waals surface area contributed by atoms with Gasteiger partial charge in [-0.05, 0) is 28.1 Å². The van der Waals surface area contributed by atoms with E-state index in [9.17, 15) is 13.6 Å². The van der Waals surface area contributed by atoms with Crippen LogP contribution in [0.15, 0.2) is 22.7 Å². The van der Waals surface area contributed by atoms with Crippen LogP contribution in [-0.4, -0.2) is 5.78 Å². The number of thiophene rings is 1. The minimum atomic E-state index is -1.12. The average molecular weight is 353 g/mol. The maximum atomic E-state index is 13.1. The topological polar surface area (TPSA) is 43.1 Å². The lowest BCUT2D eigenvalue weighted by Crippen LogP contribution is -2.05. The second-order valence-electron chi connectivity index (χ2n) is 3.41. The summed E-state index contributed by atoms with van der Waals surface area (Å²) >= 11 is 10.0. The van der Waals surface area contributed by atoms with Crippen molar-refractivity contribution in [3.8, 4) is 0 Å². The smallest absolute Gasteiger partial charge is 0.205 e. The van der Waals surface area contributed by atoms with Gasteiger partial charge in [-0.3, -0.25) is 4.79 Å². The van der Waals surface area contributed by atoms with Gasteiger partial charge in [-0.15, -0.1) is 11.3 Å². The van der Waals surface area contributed by atoms with Crippen LogP contribution in [0, 0.1) is 11.6 Å². The third kappa shape index (κ3) is 2.41. The van der Waals surface area contributed by atoms with E-state index in [1.807, 2.05) is 0 Å². The number of carbonyl (C=O) groups is 1. The first-order valence-corrected chi connectivity index (χ1v) is 6.63. The van der Waals surface area contributed by atoms with Gasteiger partial charge in [0.05, 0.1) is 4.88 Å². The molecule has 0 spiro atoms. The van der Waals surface area contributed by atoms with Gasteiger partial charge in [0.15, 0.2) is 11.6 Å². The van der Waals surface area contributed by atoms with E-state index in [1.54, 1.807) is 0 Å². The number of ketones is 1. The lowest BCUT2D eigenvalue weighted by molar-refractivity contribution is 0.104. The number of anilines is 1. The number of hydrogen-bond donors (Lipinski definition) is 1. The quantitative estimate of drug-likeness (QED) is 0.648. The predicted octanol–water partition coefficient (Wildman–Crippen LogP) is 4.26. The van der Waals surface area contributed by atoms with Crippen molar-refractivity contribution in [1.29, 1.82) is 0 Å². The molecule has 0 fully saturated rings. The number of benzene rings is 1. The molecule has 0 saturated heterocycles. The minimum absolute atomic E-state index is 0.0840. The molecule has 7 heteroatoms. The number of halogens is 4. The Morgan fingerprint density at radius 1 is 1.28 bits per heavy atom. The van der Waals surface area contributed by atoms with Crippen molar-refractivity contribution in [3.63, 3.8) is 0 Å². The molecule has 0 bridgehead atoms. The average Bonchev–Trinajstić information content (AvgIpc) is 2.63. The lowest BCUT2D eigenvalue weighted by atomic mass is 10.1. The SMILES string of the molecule is Nc1cc(F)c(F)cc1C(=O)c1cc(Br)c(Cl)s1. The molecule has 0 saturated carbocycles. The maximum Gasteiger partial charge on any atom is 0.205 e. The van der Waals surface area contributed by atoms with E-state index in [2.05, 4.69) is 15.9 Å². The summed E-state index contributed by atoms with van der Waals surface area (Å²) in [6, 6.07) is 3.08. The molecule has 0 unspecified atom stereocenters. The summed E-state index contributed by atoms with van der Waals surface area (Å²) in [7, 11) is 0. The molecule has 2 aromatic rings. The number of rotatable bonds is 2. The van der Waals surface area contributed by atoms with Crippen LogP contribution in [-0.2, 0) is 0 Å². The van der Waals surface area contributed by atoms with Crippen molar-refractivity contribution in [2.45, 2.75) is 0 Å². The highest BCUT2D eigenvalue weighted by Crippen LogP contribution is 2.34. The highest BCUT2D eigenvalue weighted by atomic mass is 79.9. The van der Waals surface area contributed by atoms with Crippen LogP contribution in [0.4, 0.5) is 14.5 Å². The van der Waals surface area contributed by atoms with Crippen LogP contribution >= 0.6 is 38.9 Å². The molecule has 0 radical (unpaired) electrons. The highest BCUT2D eigenvalue weighted by Gasteiger charge is 2.19. The van der Waals surface area contributed by atoms with Gasteiger partial charge in [0.2, 0.25) is 5.78 Å². The Morgan fingerprint density at radius 2 is 1.89 bits per heavy atom. The second-order valence-corrected chi connectivity index (χ2v) is 5.92. The van der Waals surface area contributed by atoms with Crippen molar-refractivity contribution in [2.75, 3.05) is 5.73 Å². The van der Waals surface area contributed by atoms with Crippen LogP contribution in [0.5, 0.6) is 0 Å². The minimum Gasteiger partial charge on any atom is -0.398 e. The van der Waals surface area contributed by atoms with E-state index < -0.39 is 17.4 Å². The van der Waals surface area contributed by atoms with E-state index in [0.29, 0.717) is 13.7 Å². The number of nitrogens with two attached hydrogens (primary N) is 1. The normalized spacial score (nSPS) is 10.7. The van der Waals surface area contributed by atoms with Gasteiger partial charge in [-0.25, -0.2) is 8.78 Å². The van der Waals surface area contributed by atoms with Crippen LogP contribution < -0.4 is 5.73 Å². The van der Waals surface area contributed by atoms with Gasteiger partial charge in [0.1, 0.15) is 4.34 Å². The third-order valence-electron chi connectivity index (χ3n) is 2.21. The molecule has 1 heterocycles. The molecule has 0 aliphatic heterocycles. The van der Waals surface area contributed by atoms with Crippen LogP contribution in [0.25, 0.3) is 0 Å². The van der Waals surface area contributed by atoms with Crippen molar-refractivity contribution in [1.82, 2.24) is 0 Å². The first-order chi connectivity index (χ1) is 8.40. The number of hydrogen-bond acceptors (Lipinski definition) is 3. The Kier molecular flexibility index (Phi) is 3.70. The molecule has 18 heavy (non-hydrogen) atoms. The van der Waals surface area contributed by atoms with Crippen molar-refractivity contribution < 1.29 is 13.6 Å². The molecule has 0 atom stereocenters. The highest BCUT2D eigenvalue weighted by molar-refractivity contribution is 9.10. The van der Waals surface area contributed by atoms with Gasteiger partial charge in [0, 0.05) is 21.8 Å². The van der Waals surface area contributed by atoms with Crippen LogP contribution in [0.1, 0.15) is 15.2 Å². The lowest BCUT2D eigenvalue weighted by Gasteiger charge is -2.04. The molecule has 2 rings (SSSR count). The van der Waals surface area contributed by atoms with E-state index in [-0.39, 0.29) is 11.3 Å². The summed E-state index contributed by atoms with van der Waals surface area (Å²) in [6.45, 7) is 0. The van der Waals surface area contributed by atoms with E-state index in [4.69, 9.17) is 17.3 Å². The predicted molar refractivity (Wildman–Crippen MR) is 71.2 cm³/mol. The Labute approximate surface area is 118 Å². The first kappa shape index (κ1) is 13.5. The molecule has 0 amide bonds. The summed E-state index contributed by atoms with van der Waals surface area (Å²) in [5.41, 5.74) is 5.31. The summed E-state index contributed by atoms with van der Waals surface area (Å²) in [5, 5.41) is 0. The fourth-order valence-electron chi connectivity index (χ4n) is 1.35.